The van der Waals surface area contributed by atoms with Gasteiger partial charge in [-0.3, -0.25) is 0 Å². The molecule has 6 rings (SSSR count). The van der Waals surface area contributed by atoms with Crippen molar-refractivity contribution in [3.05, 3.63) is 106 Å². The van der Waals surface area contributed by atoms with Crippen molar-refractivity contribution in [1.82, 2.24) is 0 Å². The monoisotopic (exact) mass is 782 g/mol. The van der Waals surface area contributed by atoms with Gasteiger partial charge in [0.2, 0.25) is 0 Å². The largest absolute Gasteiger partial charge is 1.00 e. The number of phenols is 2. The summed E-state index contributed by atoms with van der Waals surface area (Å²) in [7, 11) is -10.4. The van der Waals surface area contributed by atoms with Crippen LogP contribution < -0.4 is 59.1 Å². The smallest absolute Gasteiger partial charge is 0.744 e. The van der Waals surface area contributed by atoms with E-state index in [0.717, 1.165) is 49.7 Å². The Bertz CT molecular complexity index is 2790. The van der Waals surface area contributed by atoms with Gasteiger partial charge in [0.25, 0.3) is 0 Å². The van der Waals surface area contributed by atoms with Crippen LogP contribution >= 0.6 is 0 Å². The van der Waals surface area contributed by atoms with Crippen LogP contribution in [0.25, 0.3) is 32.7 Å². The third-order valence-electron chi connectivity index (χ3n) is 9.21. The van der Waals surface area contributed by atoms with Crippen LogP contribution in [0.5, 0.6) is 11.5 Å². The predicted octanol–water partition coefficient (Wildman–Crippen LogP) is 3.57. The summed E-state index contributed by atoms with van der Waals surface area (Å²) in [5.41, 5.74) is 7.57. The standard InChI is InChI=1S/C38H34N4O8S2.2Na/c1-19-15-20(2)27-9-13-31(37(43)35(27)23(19)5)41-39-29-11-7-25(16-21(29)3)26-8-12-30(22(4)17-26)40-42-32-14-10-28-34(52(48,49)50)18-33(51(45,46)47)24(6)36(28)38(32)44;;/h7-18,43-44H,1-6H3,(H,45,46,47)(H,48,49,50);;/q;2*+1/p-2. The molecule has 54 heavy (non-hydrogen) atoms. The molecule has 0 saturated heterocycles. The number of azo groups is 2. The van der Waals surface area contributed by atoms with Gasteiger partial charge in [0.1, 0.15) is 31.6 Å². The molecule has 0 fully saturated rings. The molecule has 0 radical (unpaired) electrons. The maximum atomic E-state index is 11.9. The molecule has 0 aliphatic carbocycles. The Labute approximate surface area is 357 Å². The van der Waals surface area contributed by atoms with Gasteiger partial charge in [-0.15, -0.1) is 10.2 Å². The summed E-state index contributed by atoms with van der Waals surface area (Å²) in [6.07, 6.45) is 0. The molecule has 0 heterocycles. The van der Waals surface area contributed by atoms with Gasteiger partial charge < -0.3 is 19.3 Å². The van der Waals surface area contributed by atoms with E-state index in [4.69, 9.17) is 0 Å². The number of nitrogens with zero attached hydrogens (tertiary/aromatic N) is 4. The topological polar surface area (TPSA) is 204 Å². The molecule has 2 N–H and O–H groups in total. The number of aryl methyl sites for hydroxylation is 6. The van der Waals surface area contributed by atoms with Gasteiger partial charge in [0.05, 0.1) is 21.2 Å². The maximum absolute atomic E-state index is 11.9. The normalized spacial score (nSPS) is 12.1. The Morgan fingerprint density at radius 1 is 0.463 bits per heavy atom. The third-order valence-corrected chi connectivity index (χ3v) is 11.0. The van der Waals surface area contributed by atoms with E-state index in [1.165, 1.54) is 19.1 Å². The van der Waals surface area contributed by atoms with E-state index in [0.29, 0.717) is 23.1 Å². The Kier molecular flexibility index (Phi) is 13.0. The molecule has 0 unspecified atom stereocenters. The molecule has 0 saturated carbocycles. The zero-order valence-electron chi connectivity index (χ0n) is 30.9. The van der Waals surface area contributed by atoms with E-state index in [1.807, 2.05) is 71.0 Å². The van der Waals surface area contributed by atoms with Crippen LogP contribution in [0.4, 0.5) is 22.7 Å². The van der Waals surface area contributed by atoms with Gasteiger partial charge in [-0.05, 0) is 134 Å². The molecule has 0 spiro atoms. The third kappa shape index (κ3) is 8.33. The molecule has 12 nitrogen and oxygen atoms in total. The van der Waals surface area contributed by atoms with Crippen molar-refractivity contribution < 1.29 is 95.3 Å². The summed E-state index contributed by atoms with van der Waals surface area (Å²) in [6.45, 7) is 10.9. The SMILES string of the molecule is Cc1cc(-c2ccc(N=Nc3ccc4c(S(=O)(=O)[O-])cc(S(=O)(=O)[O-])c(C)c4c3O)c(C)c2)ccc1N=Nc1ccc2c(C)cc(C)c(C)c2c1O.[Na+].[Na+]. The summed E-state index contributed by atoms with van der Waals surface area (Å²) >= 11 is 0. The molecule has 16 heteroatoms. The van der Waals surface area contributed by atoms with Crippen molar-refractivity contribution in [2.75, 3.05) is 0 Å². The summed E-state index contributed by atoms with van der Waals surface area (Å²) in [6, 6.07) is 19.9. The molecular weight excluding hydrogens is 751 g/mol. The fraction of sp³-hybridized carbons (Fsp3) is 0.158. The quantitative estimate of drug-likeness (QED) is 0.139. The Morgan fingerprint density at radius 2 is 0.870 bits per heavy atom. The van der Waals surface area contributed by atoms with Crippen LogP contribution in [-0.4, -0.2) is 36.2 Å². The van der Waals surface area contributed by atoms with Crippen LogP contribution in [0.2, 0.25) is 0 Å². The van der Waals surface area contributed by atoms with Crippen molar-refractivity contribution >= 4 is 64.5 Å². The minimum Gasteiger partial charge on any atom is -0.744 e. The molecule has 6 aromatic carbocycles. The number of rotatable bonds is 7. The molecule has 0 atom stereocenters. The maximum Gasteiger partial charge on any atom is 1.00 e. The summed E-state index contributed by atoms with van der Waals surface area (Å²) in [5.74, 6) is -0.557. The predicted molar refractivity (Wildman–Crippen MR) is 196 cm³/mol. The van der Waals surface area contributed by atoms with Crippen LogP contribution in [0, 0.1) is 41.5 Å². The van der Waals surface area contributed by atoms with E-state index < -0.39 is 35.8 Å². The average Bonchev–Trinajstić information content (AvgIpc) is 3.06. The van der Waals surface area contributed by atoms with Gasteiger partial charge in [-0.1, -0.05) is 30.3 Å². The second kappa shape index (κ2) is 16.3. The van der Waals surface area contributed by atoms with Crippen molar-refractivity contribution in [2.45, 2.75) is 51.3 Å². The first-order chi connectivity index (χ1) is 24.4. The van der Waals surface area contributed by atoms with Crippen LogP contribution in [0.15, 0.2) is 103 Å². The van der Waals surface area contributed by atoms with Crippen molar-refractivity contribution in [1.29, 1.82) is 0 Å². The Hall–Kier alpha value is -3.54. The van der Waals surface area contributed by atoms with Crippen molar-refractivity contribution in [3.63, 3.8) is 0 Å². The molecule has 6 aromatic rings. The van der Waals surface area contributed by atoms with Crippen molar-refractivity contribution in [3.8, 4) is 22.6 Å². The molecular formula is C38H32N4Na2O8S2. The van der Waals surface area contributed by atoms with E-state index in [9.17, 15) is 36.2 Å². The van der Waals surface area contributed by atoms with Crippen LogP contribution in [0.3, 0.4) is 0 Å². The number of aromatic hydroxyl groups is 2. The van der Waals surface area contributed by atoms with Gasteiger partial charge >= 0.3 is 59.1 Å². The molecule has 266 valence electrons. The zero-order valence-corrected chi connectivity index (χ0v) is 36.5. The van der Waals surface area contributed by atoms with Gasteiger partial charge in [0.15, 0.2) is 11.5 Å². The van der Waals surface area contributed by atoms with Gasteiger partial charge in [0, 0.05) is 16.2 Å². The number of hydrogen-bond acceptors (Lipinski definition) is 12. The first kappa shape index (κ1) is 43.2. The first-order valence-corrected chi connectivity index (χ1v) is 18.7. The molecule has 0 bridgehead atoms. The zero-order chi connectivity index (χ0) is 37.9. The van der Waals surface area contributed by atoms with Gasteiger partial charge in [-0.25, -0.2) is 16.8 Å². The second-order valence-corrected chi connectivity index (χ2v) is 15.4. The minimum absolute atomic E-state index is 0. The molecule has 0 aromatic heterocycles. The number of benzene rings is 6. The van der Waals surface area contributed by atoms with Crippen molar-refractivity contribution in [2.24, 2.45) is 20.5 Å². The summed E-state index contributed by atoms with van der Waals surface area (Å²) < 4.78 is 71.3. The minimum atomic E-state index is -5.22. The van der Waals surface area contributed by atoms with E-state index in [2.05, 4.69) is 26.5 Å². The Balaban J connectivity index is 0.00000325. The Morgan fingerprint density at radius 3 is 1.31 bits per heavy atom. The summed E-state index contributed by atoms with van der Waals surface area (Å²) in [5, 5.41) is 40.4. The van der Waals surface area contributed by atoms with Gasteiger partial charge in [-0.2, -0.15) is 10.2 Å². The van der Waals surface area contributed by atoms with E-state index in [1.54, 1.807) is 12.1 Å². The average molecular weight is 783 g/mol. The number of phenolic OH excluding ortho intramolecular Hbond substituents is 2. The fourth-order valence-electron chi connectivity index (χ4n) is 6.33. The molecule has 0 amide bonds. The fourth-order valence-corrected chi connectivity index (χ4v) is 7.84. The van der Waals surface area contributed by atoms with E-state index >= 15 is 0 Å². The number of fused-ring (bicyclic) bond motifs is 2. The first-order valence-electron chi connectivity index (χ1n) is 15.9. The van der Waals surface area contributed by atoms with E-state index in [-0.39, 0.29) is 86.9 Å². The summed E-state index contributed by atoms with van der Waals surface area (Å²) in [4.78, 5) is -1.90. The second-order valence-electron chi connectivity index (χ2n) is 12.7. The number of hydrogen-bond donors (Lipinski definition) is 2. The molecule has 0 aliphatic rings. The van der Waals surface area contributed by atoms with Crippen LogP contribution in [-0.2, 0) is 20.2 Å². The molecule has 0 aliphatic heterocycles. The van der Waals surface area contributed by atoms with Crippen LogP contribution in [0.1, 0.15) is 33.4 Å².